The predicted octanol–water partition coefficient (Wildman–Crippen LogP) is 1.07. The lowest BCUT2D eigenvalue weighted by atomic mass is 10.1. The Balaban J connectivity index is 2.91. The Labute approximate surface area is 98.5 Å². The molecule has 1 aromatic rings. The largest absolute Gasteiger partial charge is 0.508 e. The highest BCUT2D eigenvalue weighted by Gasteiger charge is 2.03. The van der Waals surface area contributed by atoms with Gasteiger partial charge in [-0.2, -0.15) is 0 Å². The number of phenolic OH excluding ortho intramolecular Hbond substituents is 1. The van der Waals surface area contributed by atoms with Crippen LogP contribution in [0, 0.1) is 0 Å². The number of rotatable bonds is 4. The lowest BCUT2D eigenvalue weighted by Gasteiger charge is -2.00. The Morgan fingerprint density at radius 3 is 2.71 bits per heavy atom. The van der Waals surface area contributed by atoms with Crippen molar-refractivity contribution in [2.45, 2.75) is 6.92 Å². The molecule has 0 aliphatic rings. The van der Waals surface area contributed by atoms with Crippen LogP contribution < -0.4 is 5.73 Å². The van der Waals surface area contributed by atoms with Gasteiger partial charge in [0.15, 0.2) is 0 Å². The van der Waals surface area contributed by atoms with Gasteiger partial charge >= 0.3 is 5.97 Å². The summed E-state index contributed by atoms with van der Waals surface area (Å²) in [5, 5.41) is 9.35. The minimum absolute atomic E-state index is 0.0928. The number of nitrogens with two attached hydrogens (primary N) is 1. The number of ether oxygens (including phenoxy) is 1. The van der Waals surface area contributed by atoms with Crippen molar-refractivity contribution in [3.63, 3.8) is 0 Å². The van der Waals surface area contributed by atoms with E-state index in [2.05, 4.69) is 0 Å². The van der Waals surface area contributed by atoms with Gasteiger partial charge in [0.2, 0.25) is 5.91 Å². The Morgan fingerprint density at radius 1 is 1.41 bits per heavy atom. The fourth-order valence-electron chi connectivity index (χ4n) is 1.23. The average molecular weight is 235 g/mol. The van der Waals surface area contributed by atoms with E-state index in [-0.39, 0.29) is 17.9 Å². The number of aromatic hydroxyl groups is 1. The molecule has 1 rings (SSSR count). The highest BCUT2D eigenvalue weighted by molar-refractivity contribution is 5.94. The van der Waals surface area contributed by atoms with Crippen molar-refractivity contribution < 1.29 is 19.4 Å². The summed E-state index contributed by atoms with van der Waals surface area (Å²) < 4.78 is 4.69. The number of benzene rings is 1. The Morgan fingerprint density at radius 2 is 2.12 bits per heavy atom. The molecule has 0 saturated carbocycles. The average Bonchev–Trinajstić information content (AvgIpc) is 2.26. The second-order valence-corrected chi connectivity index (χ2v) is 3.26. The van der Waals surface area contributed by atoms with Crippen molar-refractivity contribution in [3.05, 3.63) is 35.4 Å². The molecule has 0 unspecified atom stereocenters. The zero-order chi connectivity index (χ0) is 12.8. The van der Waals surface area contributed by atoms with Crippen molar-refractivity contribution >= 4 is 18.0 Å². The monoisotopic (exact) mass is 235 g/mol. The summed E-state index contributed by atoms with van der Waals surface area (Å²) in [5.74, 6) is -1.23. The maximum absolute atomic E-state index is 11.1. The van der Waals surface area contributed by atoms with Crippen molar-refractivity contribution in [2.24, 2.45) is 5.73 Å². The summed E-state index contributed by atoms with van der Waals surface area (Å²) in [5.41, 5.74) is 5.76. The lowest BCUT2D eigenvalue weighted by Crippen LogP contribution is -2.10. The van der Waals surface area contributed by atoms with E-state index in [0.29, 0.717) is 5.56 Å². The van der Waals surface area contributed by atoms with Gasteiger partial charge in [0.1, 0.15) is 5.75 Å². The van der Waals surface area contributed by atoms with E-state index in [1.165, 1.54) is 30.4 Å². The molecule has 17 heavy (non-hydrogen) atoms. The molecule has 1 aromatic carbocycles. The van der Waals surface area contributed by atoms with E-state index in [1.807, 2.05) is 0 Å². The molecular formula is C12H13NO4. The molecule has 5 nitrogen and oxygen atoms in total. The van der Waals surface area contributed by atoms with Gasteiger partial charge in [-0.25, -0.2) is 4.79 Å². The minimum Gasteiger partial charge on any atom is -0.508 e. The summed E-state index contributed by atoms with van der Waals surface area (Å²) in [4.78, 5) is 22.0. The molecule has 0 spiro atoms. The van der Waals surface area contributed by atoms with Gasteiger partial charge in [-0.05, 0) is 36.8 Å². The Hall–Kier alpha value is -2.30. The highest BCUT2D eigenvalue weighted by atomic mass is 16.5. The summed E-state index contributed by atoms with van der Waals surface area (Å²) in [7, 11) is 0. The summed E-state index contributed by atoms with van der Waals surface area (Å²) in [6.07, 6.45) is 2.65. The molecule has 0 aromatic heterocycles. The second kappa shape index (κ2) is 5.69. The van der Waals surface area contributed by atoms with E-state index in [1.54, 1.807) is 6.92 Å². The van der Waals surface area contributed by atoms with Gasteiger partial charge in [0, 0.05) is 11.6 Å². The third-order valence-electron chi connectivity index (χ3n) is 1.92. The SMILES string of the molecule is CCOC(=O)C=Cc1cc(O)cc(C(N)=O)c1. The first kappa shape index (κ1) is 12.8. The third kappa shape index (κ3) is 3.98. The zero-order valence-corrected chi connectivity index (χ0v) is 9.34. The van der Waals surface area contributed by atoms with Gasteiger partial charge in [0.05, 0.1) is 6.61 Å². The van der Waals surface area contributed by atoms with Crippen LogP contribution in [0.2, 0.25) is 0 Å². The van der Waals surface area contributed by atoms with Crippen LogP contribution in [0.3, 0.4) is 0 Å². The number of esters is 1. The zero-order valence-electron chi connectivity index (χ0n) is 9.34. The molecular weight excluding hydrogens is 222 g/mol. The third-order valence-corrected chi connectivity index (χ3v) is 1.92. The van der Waals surface area contributed by atoms with Crippen LogP contribution >= 0.6 is 0 Å². The topological polar surface area (TPSA) is 89.6 Å². The molecule has 0 aliphatic heterocycles. The number of amides is 1. The fraction of sp³-hybridized carbons (Fsp3) is 0.167. The molecule has 1 amide bonds. The molecule has 0 radical (unpaired) electrons. The first-order valence-corrected chi connectivity index (χ1v) is 5.01. The van der Waals surface area contributed by atoms with Crippen LogP contribution in [-0.4, -0.2) is 23.6 Å². The van der Waals surface area contributed by atoms with Crippen LogP contribution in [0.4, 0.5) is 0 Å². The summed E-state index contributed by atoms with van der Waals surface area (Å²) in [6.45, 7) is 1.99. The normalized spacial score (nSPS) is 10.4. The lowest BCUT2D eigenvalue weighted by molar-refractivity contribution is -0.137. The number of primary amides is 1. The van der Waals surface area contributed by atoms with E-state index < -0.39 is 11.9 Å². The molecule has 0 saturated heterocycles. The molecule has 0 bridgehead atoms. The molecule has 5 heteroatoms. The van der Waals surface area contributed by atoms with Crippen LogP contribution in [0.15, 0.2) is 24.3 Å². The summed E-state index contributed by atoms with van der Waals surface area (Å²) >= 11 is 0. The summed E-state index contributed by atoms with van der Waals surface area (Å²) in [6, 6.07) is 4.13. The van der Waals surface area contributed by atoms with Crippen molar-refractivity contribution in [2.75, 3.05) is 6.61 Å². The van der Waals surface area contributed by atoms with Crippen LogP contribution in [0.5, 0.6) is 5.75 Å². The van der Waals surface area contributed by atoms with Gasteiger partial charge in [-0.15, -0.1) is 0 Å². The quantitative estimate of drug-likeness (QED) is 0.603. The molecule has 0 aliphatic carbocycles. The van der Waals surface area contributed by atoms with Gasteiger partial charge in [0.25, 0.3) is 0 Å². The second-order valence-electron chi connectivity index (χ2n) is 3.26. The van der Waals surface area contributed by atoms with E-state index in [0.717, 1.165) is 0 Å². The van der Waals surface area contributed by atoms with Crippen LogP contribution in [0.1, 0.15) is 22.8 Å². The maximum atomic E-state index is 11.1. The number of hydrogen-bond acceptors (Lipinski definition) is 4. The number of phenols is 1. The molecule has 0 heterocycles. The van der Waals surface area contributed by atoms with Crippen LogP contribution in [0.25, 0.3) is 6.08 Å². The molecule has 0 fully saturated rings. The van der Waals surface area contributed by atoms with Crippen molar-refractivity contribution in [1.82, 2.24) is 0 Å². The number of carbonyl (C=O) groups is 2. The number of carbonyl (C=O) groups excluding carboxylic acids is 2. The number of hydrogen-bond donors (Lipinski definition) is 2. The standard InChI is InChI=1S/C12H13NO4/c1-2-17-11(15)4-3-8-5-9(12(13)16)7-10(14)6-8/h3-7,14H,2H2,1H3,(H2,13,16). The fourth-order valence-corrected chi connectivity index (χ4v) is 1.23. The Bertz CT molecular complexity index is 466. The van der Waals surface area contributed by atoms with E-state index in [4.69, 9.17) is 10.5 Å². The predicted molar refractivity (Wildman–Crippen MR) is 62.3 cm³/mol. The maximum Gasteiger partial charge on any atom is 0.330 e. The van der Waals surface area contributed by atoms with Crippen LogP contribution in [-0.2, 0) is 9.53 Å². The molecule has 3 N–H and O–H groups in total. The van der Waals surface area contributed by atoms with Crippen molar-refractivity contribution in [3.8, 4) is 5.75 Å². The molecule has 90 valence electrons. The smallest absolute Gasteiger partial charge is 0.330 e. The first-order chi connectivity index (χ1) is 8.02. The van der Waals surface area contributed by atoms with E-state index >= 15 is 0 Å². The van der Waals surface area contributed by atoms with Crippen molar-refractivity contribution in [1.29, 1.82) is 0 Å². The Kier molecular flexibility index (Phi) is 4.28. The molecule has 0 atom stereocenters. The highest BCUT2D eigenvalue weighted by Crippen LogP contribution is 2.16. The van der Waals surface area contributed by atoms with Gasteiger partial charge in [-0.1, -0.05) is 0 Å². The van der Waals surface area contributed by atoms with Gasteiger partial charge in [-0.3, -0.25) is 4.79 Å². The van der Waals surface area contributed by atoms with E-state index in [9.17, 15) is 14.7 Å². The van der Waals surface area contributed by atoms with Gasteiger partial charge < -0.3 is 15.6 Å². The minimum atomic E-state index is -0.647. The first-order valence-electron chi connectivity index (χ1n) is 5.01.